The third-order valence-electron chi connectivity index (χ3n) is 8.89. The summed E-state index contributed by atoms with van der Waals surface area (Å²) < 4.78 is 11.0. The molecular weight excluding hydrogens is 629 g/mol. The number of hydrogen-bond donors (Lipinski definition) is 3. The average molecular weight is 677 g/mol. The van der Waals surface area contributed by atoms with Crippen molar-refractivity contribution < 1.29 is 23.9 Å². The largest absolute Gasteiger partial charge is 0.444 e. The number of nitrogens with zero attached hydrogens (tertiary/aromatic N) is 3. The first-order valence-electron chi connectivity index (χ1n) is 17.1. The Morgan fingerprint density at radius 3 is 2.29 bits per heavy atom. The van der Waals surface area contributed by atoms with E-state index >= 15 is 0 Å². The lowest BCUT2D eigenvalue weighted by molar-refractivity contribution is -0.124. The van der Waals surface area contributed by atoms with Crippen LogP contribution in [0.4, 0.5) is 9.59 Å². The van der Waals surface area contributed by atoms with Gasteiger partial charge < -0.3 is 30.3 Å². The number of nitrogens with one attached hydrogen (secondary N) is 3. The summed E-state index contributed by atoms with van der Waals surface area (Å²) in [6.45, 7) is 5.23. The van der Waals surface area contributed by atoms with Gasteiger partial charge in [0.25, 0.3) is 0 Å². The number of carbonyl (C=O) groups excluding carboxylic acids is 3. The van der Waals surface area contributed by atoms with E-state index in [0.29, 0.717) is 58.5 Å². The summed E-state index contributed by atoms with van der Waals surface area (Å²) in [6, 6.07) is 18.4. The van der Waals surface area contributed by atoms with Crippen LogP contribution in [0.3, 0.4) is 0 Å². The second kappa shape index (κ2) is 19.1. The van der Waals surface area contributed by atoms with Crippen LogP contribution in [0.1, 0.15) is 60.6 Å². The highest BCUT2D eigenvalue weighted by Gasteiger charge is 2.28. The number of aromatic nitrogens is 1. The average Bonchev–Trinajstić information content (AvgIpc) is 3.66. The molecular formula is C36H48N6O5S. The Labute approximate surface area is 287 Å². The molecule has 2 aliphatic rings. The monoisotopic (exact) mass is 676 g/mol. The maximum atomic E-state index is 14.0. The molecule has 2 aliphatic heterocycles. The second-order valence-electron chi connectivity index (χ2n) is 12.4. The molecule has 3 N–H and O–H groups in total. The number of ether oxygens (including phenoxy) is 2. The van der Waals surface area contributed by atoms with E-state index in [1.165, 1.54) is 11.3 Å². The molecule has 3 aromatic rings. The van der Waals surface area contributed by atoms with Crippen LogP contribution in [0.5, 0.6) is 0 Å². The molecule has 5 rings (SSSR count). The molecule has 0 saturated carbocycles. The van der Waals surface area contributed by atoms with Crippen molar-refractivity contribution in [3.8, 4) is 0 Å². The normalized spacial score (nSPS) is 17.1. The number of benzene rings is 2. The minimum absolute atomic E-state index is 0.152. The van der Waals surface area contributed by atoms with Gasteiger partial charge >= 0.3 is 12.1 Å². The van der Waals surface area contributed by atoms with Gasteiger partial charge in [0.1, 0.15) is 12.6 Å². The number of thiazole rings is 1. The molecule has 258 valence electrons. The van der Waals surface area contributed by atoms with Crippen LogP contribution < -0.4 is 16.0 Å². The lowest BCUT2D eigenvalue weighted by Gasteiger charge is -2.32. The Morgan fingerprint density at radius 2 is 1.58 bits per heavy atom. The number of rotatable bonds is 15. The van der Waals surface area contributed by atoms with Crippen LogP contribution in [-0.2, 0) is 27.3 Å². The molecule has 2 fully saturated rings. The van der Waals surface area contributed by atoms with Crippen molar-refractivity contribution >= 4 is 29.4 Å². The third kappa shape index (κ3) is 11.6. The summed E-state index contributed by atoms with van der Waals surface area (Å²) >= 11 is 1.43. The van der Waals surface area contributed by atoms with Crippen LogP contribution in [0.15, 0.2) is 72.4 Å². The number of alkyl carbamates (subject to hydrolysis) is 1. The summed E-state index contributed by atoms with van der Waals surface area (Å²) in [6.07, 6.45) is 6.52. The Kier molecular flexibility index (Phi) is 14.1. The first kappa shape index (κ1) is 35.3. The number of morpholine rings is 1. The second-order valence-corrected chi connectivity index (χ2v) is 13.4. The fourth-order valence-corrected chi connectivity index (χ4v) is 6.68. The van der Waals surface area contributed by atoms with E-state index in [4.69, 9.17) is 9.47 Å². The van der Waals surface area contributed by atoms with Gasteiger partial charge in [-0.25, -0.2) is 9.59 Å². The summed E-state index contributed by atoms with van der Waals surface area (Å²) in [7, 11) is 0. The quantitative estimate of drug-likeness (QED) is 0.209. The number of carbonyl (C=O) groups is 3. The van der Waals surface area contributed by atoms with Gasteiger partial charge in [0, 0.05) is 45.0 Å². The van der Waals surface area contributed by atoms with Crippen LogP contribution in [0.25, 0.3) is 0 Å². The van der Waals surface area contributed by atoms with Gasteiger partial charge in [0.2, 0.25) is 5.91 Å². The fourth-order valence-electron chi connectivity index (χ4n) is 6.18. The number of urea groups is 1. The summed E-state index contributed by atoms with van der Waals surface area (Å²) in [5.41, 5.74) is 3.75. The Bertz CT molecular complexity index is 1380. The molecule has 0 bridgehead atoms. The minimum atomic E-state index is -0.676. The Hall–Kier alpha value is -4.00. The van der Waals surface area contributed by atoms with Crippen molar-refractivity contribution in [3.63, 3.8) is 0 Å². The fraction of sp³-hybridized carbons (Fsp3) is 0.500. The third-order valence-corrected chi connectivity index (χ3v) is 9.65. The molecule has 48 heavy (non-hydrogen) atoms. The predicted molar refractivity (Wildman–Crippen MR) is 186 cm³/mol. The lowest BCUT2D eigenvalue weighted by Crippen LogP contribution is -2.55. The van der Waals surface area contributed by atoms with Gasteiger partial charge in [-0.2, -0.15) is 0 Å². The molecule has 0 aliphatic carbocycles. The van der Waals surface area contributed by atoms with Crippen molar-refractivity contribution in [2.24, 2.45) is 0 Å². The zero-order valence-electron chi connectivity index (χ0n) is 27.6. The predicted octanol–water partition coefficient (Wildman–Crippen LogP) is 4.90. The zero-order chi connectivity index (χ0) is 33.4. The summed E-state index contributed by atoms with van der Waals surface area (Å²) in [5, 5.41) is 9.42. The van der Waals surface area contributed by atoms with E-state index in [1.54, 1.807) is 11.7 Å². The molecule has 4 amide bonds. The molecule has 3 atom stereocenters. The number of likely N-dealkylation sites (tertiary alicyclic amines) is 1. The van der Waals surface area contributed by atoms with E-state index in [0.717, 1.165) is 48.4 Å². The molecule has 11 nitrogen and oxygen atoms in total. The van der Waals surface area contributed by atoms with Crippen LogP contribution in [0.2, 0.25) is 0 Å². The number of amides is 4. The van der Waals surface area contributed by atoms with Gasteiger partial charge in [0.05, 0.1) is 29.6 Å². The maximum Gasteiger partial charge on any atom is 0.407 e. The first-order valence-corrected chi connectivity index (χ1v) is 18.0. The van der Waals surface area contributed by atoms with Gasteiger partial charge in [-0.1, -0.05) is 60.7 Å². The Balaban J connectivity index is 1.27. The maximum absolute atomic E-state index is 14.0. The smallest absolute Gasteiger partial charge is 0.407 e. The van der Waals surface area contributed by atoms with Crippen molar-refractivity contribution in [1.29, 1.82) is 0 Å². The Morgan fingerprint density at radius 1 is 0.854 bits per heavy atom. The van der Waals surface area contributed by atoms with Gasteiger partial charge in [-0.05, 0) is 56.1 Å². The highest BCUT2D eigenvalue weighted by Crippen LogP contribution is 2.22. The summed E-state index contributed by atoms with van der Waals surface area (Å²) in [4.78, 5) is 49.2. The molecule has 0 spiro atoms. The molecule has 0 radical (unpaired) electrons. The van der Waals surface area contributed by atoms with Crippen LogP contribution >= 0.6 is 11.3 Å². The molecule has 2 saturated heterocycles. The highest BCUT2D eigenvalue weighted by molar-refractivity contribution is 7.09. The zero-order valence-corrected chi connectivity index (χ0v) is 28.4. The number of hydrogen-bond acceptors (Lipinski definition) is 8. The van der Waals surface area contributed by atoms with Crippen LogP contribution in [-0.4, -0.2) is 90.8 Å². The molecule has 0 unspecified atom stereocenters. The minimum Gasteiger partial charge on any atom is -0.444 e. The van der Waals surface area contributed by atoms with Gasteiger partial charge in [0.15, 0.2) is 0 Å². The van der Waals surface area contributed by atoms with Crippen molar-refractivity contribution in [3.05, 3.63) is 88.4 Å². The highest BCUT2D eigenvalue weighted by atomic mass is 32.1. The molecule has 3 heterocycles. The molecule has 1 aromatic heterocycles. The van der Waals surface area contributed by atoms with E-state index in [2.05, 4.69) is 38.0 Å². The molecule has 12 heteroatoms. The summed E-state index contributed by atoms with van der Waals surface area (Å²) in [5.74, 6) is -0.192. The number of piperidine rings is 1. The SMILES string of the molecule is O=C(N[C@H](CC[C@H](Cc1ccccc1)NC(=O)[C@H](CCN1CCOCC1)NC(=O)N1CCCCC1)c1ccccc1)OCc1cncs1. The van der Waals surface area contributed by atoms with Crippen LogP contribution in [0, 0.1) is 0 Å². The van der Waals surface area contributed by atoms with E-state index in [1.807, 2.05) is 53.4 Å². The standard InChI is InChI=1S/C36H48N6O5S/c43-34(33(16-19-41-20-22-46-23-21-41)39-35(44)42-17-8-3-9-18-42)38-30(24-28-10-4-1-5-11-28)14-15-32(29-12-6-2-7-13-29)40-36(45)47-26-31-25-37-27-48-31/h1-2,4-7,10-13,25,27,30,32-33H,3,8-9,14-24,26H2,(H,38,43)(H,39,44)(H,40,45)/t30-,32-,33+/m1/s1. The van der Waals surface area contributed by atoms with E-state index in [-0.39, 0.29) is 30.6 Å². The molecule has 2 aromatic carbocycles. The topological polar surface area (TPSA) is 125 Å². The van der Waals surface area contributed by atoms with Crippen molar-refractivity contribution in [1.82, 2.24) is 30.7 Å². The van der Waals surface area contributed by atoms with E-state index < -0.39 is 12.1 Å². The van der Waals surface area contributed by atoms with Gasteiger partial charge in [-0.3, -0.25) is 14.7 Å². The lowest BCUT2D eigenvalue weighted by atomic mass is 9.95. The first-order chi connectivity index (χ1) is 23.5. The van der Waals surface area contributed by atoms with Gasteiger partial charge in [-0.15, -0.1) is 11.3 Å². The van der Waals surface area contributed by atoms with E-state index in [9.17, 15) is 14.4 Å². The van der Waals surface area contributed by atoms with Crippen molar-refractivity contribution in [2.45, 2.75) is 69.7 Å². The van der Waals surface area contributed by atoms with Crippen molar-refractivity contribution in [2.75, 3.05) is 45.9 Å².